The van der Waals surface area contributed by atoms with Crippen LogP contribution in [0.3, 0.4) is 0 Å². The summed E-state index contributed by atoms with van der Waals surface area (Å²) in [6.45, 7) is 1.57. The predicted molar refractivity (Wildman–Crippen MR) is 115 cm³/mol. The third kappa shape index (κ3) is 4.70. The summed E-state index contributed by atoms with van der Waals surface area (Å²) in [5.41, 5.74) is 1.52. The largest absolute Gasteiger partial charge is 0.376 e. The number of benzene rings is 1. The van der Waals surface area contributed by atoms with E-state index in [9.17, 15) is 13.2 Å². The minimum Gasteiger partial charge on any atom is -0.376 e. The van der Waals surface area contributed by atoms with E-state index in [1.54, 1.807) is 10.8 Å². The highest BCUT2D eigenvalue weighted by molar-refractivity contribution is 7.90. The first-order valence-corrected chi connectivity index (χ1v) is 12.9. The Morgan fingerprint density at radius 2 is 1.90 bits per heavy atom. The second-order valence-corrected chi connectivity index (χ2v) is 10.9. The van der Waals surface area contributed by atoms with Crippen LogP contribution >= 0.6 is 0 Å². The average Bonchev–Trinajstić information content (AvgIpc) is 3.68. The van der Waals surface area contributed by atoms with Crippen molar-refractivity contribution in [3.8, 4) is 0 Å². The molecule has 2 heterocycles. The predicted octanol–water partition coefficient (Wildman–Crippen LogP) is 2.94. The molecule has 0 bridgehead atoms. The monoisotopic (exact) mass is 443 g/mol. The van der Waals surface area contributed by atoms with Gasteiger partial charge in [0, 0.05) is 18.6 Å². The molecule has 1 atom stereocenters. The second kappa shape index (κ2) is 8.39. The van der Waals surface area contributed by atoms with Gasteiger partial charge < -0.3 is 14.2 Å². The Morgan fingerprint density at radius 3 is 2.55 bits per heavy atom. The summed E-state index contributed by atoms with van der Waals surface area (Å²) >= 11 is 0. The van der Waals surface area contributed by atoms with E-state index in [-0.39, 0.29) is 34.9 Å². The normalized spacial score (nSPS) is 21.4. The molecular formula is C23H29N3O4S. The molecule has 5 rings (SSSR count). The Kier molecular flexibility index (Phi) is 5.60. The number of imidazole rings is 1. The molecule has 3 fully saturated rings. The minimum atomic E-state index is -3.64. The molecule has 1 aliphatic heterocycles. The Hall–Kier alpha value is -2.19. The maximum Gasteiger partial charge on any atom is 0.228 e. The van der Waals surface area contributed by atoms with Gasteiger partial charge in [0.15, 0.2) is 0 Å². The van der Waals surface area contributed by atoms with Crippen molar-refractivity contribution >= 4 is 15.7 Å². The Bertz CT molecular complexity index is 1040. The molecule has 0 unspecified atom stereocenters. The molecule has 0 N–H and O–H groups in total. The van der Waals surface area contributed by atoms with E-state index in [1.165, 1.54) is 0 Å². The molecule has 1 saturated heterocycles. The van der Waals surface area contributed by atoms with E-state index >= 15 is 0 Å². The summed E-state index contributed by atoms with van der Waals surface area (Å²) in [5, 5.41) is 0.0801. The van der Waals surface area contributed by atoms with Crippen LogP contribution in [0.2, 0.25) is 0 Å². The van der Waals surface area contributed by atoms with E-state index in [0.717, 1.165) is 49.8 Å². The SMILES string of the molecule is O=C(C1CC1)N(Cc1cnc(S(=O)(=O)Cc2ccccc2)n1C[C@@H]1CCCO1)C1CC1. The zero-order valence-electron chi connectivity index (χ0n) is 17.7. The third-order valence-corrected chi connectivity index (χ3v) is 7.91. The van der Waals surface area contributed by atoms with Crippen molar-refractivity contribution in [3.63, 3.8) is 0 Å². The van der Waals surface area contributed by atoms with Crippen molar-refractivity contribution in [2.45, 2.75) is 74.7 Å². The van der Waals surface area contributed by atoms with Crippen molar-refractivity contribution in [2.24, 2.45) is 5.92 Å². The van der Waals surface area contributed by atoms with Gasteiger partial charge in [-0.2, -0.15) is 0 Å². The average molecular weight is 444 g/mol. The van der Waals surface area contributed by atoms with Crippen LogP contribution in [-0.4, -0.2) is 47.5 Å². The lowest BCUT2D eigenvalue weighted by Crippen LogP contribution is -2.35. The molecule has 1 aromatic heterocycles. The van der Waals surface area contributed by atoms with Crippen LogP contribution < -0.4 is 0 Å². The van der Waals surface area contributed by atoms with Crippen LogP contribution in [-0.2, 0) is 38.2 Å². The Labute approximate surface area is 183 Å². The van der Waals surface area contributed by atoms with E-state index in [0.29, 0.717) is 19.7 Å². The molecule has 0 spiro atoms. The van der Waals surface area contributed by atoms with Gasteiger partial charge in [0.05, 0.1) is 36.8 Å². The van der Waals surface area contributed by atoms with Crippen molar-refractivity contribution in [1.82, 2.24) is 14.5 Å². The number of nitrogens with zero attached hydrogens (tertiary/aromatic N) is 3. The zero-order valence-corrected chi connectivity index (χ0v) is 18.5. The summed E-state index contributed by atoms with van der Waals surface area (Å²) < 4.78 is 34.2. The smallest absolute Gasteiger partial charge is 0.228 e. The van der Waals surface area contributed by atoms with Crippen molar-refractivity contribution in [3.05, 3.63) is 47.8 Å². The molecule has 1 amide bonds. The summed E-state index contributed by atoms with van der Waals surface area (Å²) in [6.07, 6.45) is 7.49. The first kappa shape index (κ1) is 20.7. The van der Waals surface area contributed by atoms with Gasteiger partial charge in [-0.25, -0.2) is 13.4 Å². The van der Waals surface area contributed by atoms with E-state index < -0.39 is 9.84 Å². The van der Waals surface area contributed by atoms with E-state index in [2.05, 4.69) is 4.98 Å². The zero-order chi connectivity index (χ0) is 21.4. The number of carbonyl (C=O) groups is 1. The Morgan fingerprint density at radius 1 is 1.13 bits per heavy atom. The third-order valence-electron chi connectivity index (χ3n) is 6.32. The molecule has 1 aromatic carbocycles. The number of hydrogen-bond acceptors (Lipinski definition) is 5. The second-order valence-electron chi connectivity index (χ2n) is 8.99. The summed E-state index contributed by atoms with van der Waals surface area (Å²) in [7, 11) is -3.64. The lowest BCUT2D eigenvalue weighted by atomic mass is 10.2. The number of aromatic nitrogens is 2. The molecule has 3 aliphatic rings. The molecule has 2 aromatic rings. The van der Waals surface area contributed by atoms with Crippen LogP contribution in [0.4, 0.5) is 0 Å². The highest BCUT2D eigenvalue weighted by atomic mass is 32.2. The minimum absolute atomic E-state index is 0.0212. The van der Waals surface area contributed by atoms with Gasteiger partial charge in [0.1, 0.15) is 0 Å². The number of hydrogen-bond donors (Lipinski definition) is 0. The van der Waals surface area contributed by atoms with Gasteiger partial charge in [-0.15, -0.1) is 0 Å². The number of ether oxygens (including phenoxy) is 1. The van der Waals surface area contributed by atoms with Crippen molar-refractivity contribution in [1.29, 1.82) is 0 Å². The maximum atomic E-state index is 13.3. The summed E-state index contributed by atoms with van der Waals surface area (Å²) in [4.78, 5) is 19.2. The molecule has 166 valence electrons. The topological polar surface area (TPSA) is 81.5 Å². The molecule has 31 heavy (non-hydrogen) atoms. The lowest BCUT2D eigenvalue weighted by molar-refractivity contribution is -0.133. The summed E-state index contributed by atoms with van der Waals surface area (Å²) in [5.74, 6) is 0.265. The number of sulfone groups is 1. The van der Waals surface area contributed by atoms with Gasteiger partial charge in [-0.05, 0) is 44.1 Å². The van der Waals surface area contributed by atoms with Gasteiger partial charge >= 0.3 is 0 Å². The van der Waals surface area contributed by atoms with Gasteiger partial charge in [-0.3, -0.25) is 4.79 Å². The quantitative estimate of drug-likeness (QED) is 0.595. The fourth-order valence-corrected chi connectivity index (χ4v) is 5.83. The fraction of sp³-hybridized carbons (Fsp3) is 0.565. The van der Waals surface area contributed by atoms with Crippen LogP contribution in [0.1, 0.15) is 49.8 Å². The molecule has 2 saturated carbocycles. The highest BCUT2D eigenvalue weighted by Crippen LogP contribution is 2.37. The number of carbonyl (C=O) groups excluding carboxylic acids is 1. The highest BCUT2D eigenvalue weighted by Gasteiger charge is 2.40. The molecule has 8 heteroatoms. The first-order chi connectivity index (χ1) is 15.0. The summed E-state index contributed by atoms with van der Waals surface area (Å²) in [6, 6.07) is 9.46. The first-order valence-electron chi connectivity index (χ1n) is 11.2. The van der Waals surface area contributed by atoms with Crippen LogP contribution in [0.25, 0.3) is 0 Å². The number of amides is 1. The molecular weight excluding hydrogens is 414 g/mol. The lowest BCUT2D eigenvalue weighted by Gasteiger charge is -2.24. The van der Waals surface area contributed by atoms with Gasteiger partial charge in [0.2, 0.25) is 20.9 Å². The van der Waals surface area contributed by atoms with Crippen molar-refractivity contribution in [2.75, 3.05) is 6.61 Å². The van der Waals surface area contributed by atoms with Gasteiger partial charge in [-0.1, -0.05) is 30.3 Å². The van der Waals surface area contributed by atoms with Gasteiger partial charge in [0.25, 0.3) is 0 Å². The van der Waals surface area contributed by atoms with E-state index in [4.69, 9.17) is 4.74 Å². The molecule has 2 aliphatic carbocycles. The number of rotatable bonds is 9. The molecule has 0 radical (unpaired) electrons. The molecule has 7 nitrogen and oxygen atoms in total. The van der Waals surface area contributed by atoms with Crippen LogP contribution in [0.15, 0.2) is 41.7 Å². The Balaban J connectivity index is 1.45. The standard InChI is InChI=1S/C23H29N3O4S/c27-22(18-8-9-18)25(19-10-11-19)14-20-13-24-23(26(20)15-21-7-4-12-30-21)31(28,29)16-17-5-2-1-3-6-17/h1-3,5-6,13,18-19,21H,4,7-12,14-16H2/t21-/m0/s1. The van der Waals surface area contributed by atoms with E-state index in [1.807, 2.05) is 35.2 Å². The van der Waals surface area contributed by atoms with Crippen LogP contribution in [0.5, 0.6) is 0 Å². The maximum absolute atomic E-state index is 13.3. The fourth-order valence-electron chi connectivity index (χ4n) is 4.32. The van der Waals surface area contributed by atoms with Crippen LogP contribution in [0, 0.1) is 5.92 Å². The van der Waals surface area contributed by atoms with Crippen molar-refractivity contribution < 1.29 is 17.9 Å².